The van der Waals surface area contributed by atoms with E-state index >= 15 is 0 Å². The molecule has 0 bridgehead atoms. The number of methoxy groups -OCH3 is 1. The first kappa shape index (κ1) is 25.5. The Kier molecular flexibility index (Phi) is 9.14. The van der Waals surface area contributed by atoms with E-state index in [-0.39, 0.29) is 35.5 Å². The number of β-lactam (4-membered cyclic amide) rings is 1. The van der Waals surface area contributed by atoms with Crippen molar-refractivity contribution in [3.05, 3.63) is 46.5 Å². The molecule has 178 valence electrons. The molecule has 1 amide bonds. The van der Waals surface area contributed by atoms with Crippen molar-refractivity contribution in [2.75, 3.05) is 19.5 Å². The van der Waals surface area contributed by atoms with Crippen LogP contribution in [0.3, 0.4) is 0 Å². The SMILES string of the molecule is CCCCSC1CC2C(CC=CC(=O)OC)C(=O)N2C1C(=O)OCC(=O)c1ccc(Br)cc1. The fraction of sp³-hybridized carbons (Fsp3) is 0.500. The van der Waals surface area contributed by atoms with Crippen LogP contribution in [0, 0.1) is 5.92 Å². The predicted molar refractivity (Wildman–Crippen MR) is 129 cm³/mol. The van der Waals surface area contributed by atoms with E-state index in [9.17, 15) is 19.2 Å². The number of thioether (sulfide) groups is 1. The third-order valence-corrected chi connectivity index (χ3v) is 7.88. The van der Waals surface area contributed by atoms with E-state index in [2.05, 4.69) is 27.6 Å². The number of halogens is 1. The number of ether oxygens (including phenoxy) is 2. The maximum atomic E-state index is 13.0. The zero-order valence-corrected chi connectivity index (χ0v) is 21.1. The maximum Gasteiger partial charge on any atom is 0.330 e. The van der Waals surface area contributed by atoms with Crippen LogP contribution in [0.4, 0.5) is 0 Å². The molecule has 0 spiro atoms. The summed E-state index contributed by atoms with van der Waals surface area (Å²) in [6.45, 7) is 1.75. The molecule has 33 heavy (non-hydrogen) atoms. The highest BCUT2D eigenvalue weighted by atomic mass is 79.9. The molecule has 4 atom stereocenters. The molecule has 0 N–H and O–H groups in total. The molecule has 0 radical (unpaired) electrons. The zero-order valence-electron chi connectivity index (χ0n) is 18.7. The van der Waals surface area contributed by atoms with Crippen LogP contribution in [0.2, 0.25) is 0 Å². The number of rotatable bonds is 11. The second-order valence-corrected chi connectivity index (χ2v) is 10.3. The number of benzene rings is 1. The van der Waals surface area contributed by atoms with Crippen molar-refractivity contribution >= 4 is 51.3 Å². The van der Waals surface area contributed by atoms with E-state index in [1.165, 1.54) is 13.2 Å². The van der Waals surface area contributed by atoms with Gasteiger partial charge in [0, 0.05) is 27.4 Å². The molecule has 0 aliphatic carbocycles. The van der Waals surface area contributed by atoms with Crippen molar-refractivity contribution in [1.82, 2.24) is 4.90 Å². The summed E-state index contributed by atoms with van der Waals surface area (Å²) in [5.41, 5.74) is 0.460. The van der Waals surface area contributed by atoms with Crippen LogP contribution in [0.25, 0.3) is 0 Å². The molecule has 0 saturated carbocycles. The standard InChI is InChI=1S/C24H28BrNO6S/c1-3-4-12-33-20-13-18-17(6-5-7-21(28)31-2)23(29)26(18)22(20)24(30)32-14-19(27)15-8-10-16(25)11-9-15/h5,7-11,17-18,20,22H,3-4,6,12-14H2,1-2H3. The number of allylic oxidation sites excluding steroid dienone is 1. The van der Waals surface area contributed by atoms with Crippen LogP contribution in [0.5, 0.6) is 0 Å². The van der Waals surface area contributed by atoms with Gasteiger partial charge in [0.05, 0.1) is 13.0 Å². The summed E-state index contributed by atoms with van der Waals surface area (Å²) in [5, 5.41) is -0.0737. The average Bonchev–Trinajstić information content (AvgIpc) is 3.15. The van der Waals surface area contributed by atoms with Gasteiger partial charge in [-0.2, -0.15) is 11.8 Å². The largest absolute Gasteiger partial charge is 0.466 e. The van der Waals surface area contributed by atoms with Crippen LogP contribution >= 0.6 is 27.7 Å². The topological polar surface area (TPSA) is 90.0 Å². The van der Waals surface area contributed by atoms with E-state index in [0.29, 0.717) is 18.4 Å². The highest BCUT2D eigenvalue weighted by Crippen LogP contribution is 2.46. The van der Waals surface area contributed by atoms with Crippen molar-refractivity contribution < 1.29 is 28.7 Å². The fourth-order valence-corrected chi connectivity index (χ4v) is 5.96. The summed E-state index contributed by atoms with van der Waals surface area (Å²) >= 11 is 5.01. The van der Waals surface area contributed by atoms with Gasteiger partial charge in [-0.15, -0.1) is 0 Å². The lowest BCUT2D eigenvalue weighted by molar-refractivity contribution is -0.165. The Morgan fingerprint density at radius 3 is 2.64 bits per heavy atom. The molecule has 2 fully saturated rings. The first-order valence-electron chi connectivity index (χ1n) is 11.0. The monoisotopic (exact) mass is 537 g/mol. The maximum absolute atomic E-state index is 13.0. The van der Waals surface area contributed by atoms with Gasteiger partial charge in [-0.3, -0.25) is 9.59 Å². The van der Waals surface area contributed by atoms with Gasteiger partial charge in [0.25, 0.3) is 0 Å². The van der Waals surface area contributed by atoms with E-state index in [1.807, 2.05) is 0 Å². The van der Waals surface area contributed by atoms with Crippen molar-refractivity contribution in [2.24, 2.45) is 5.92 Å². The molecule has 2 aliphatic heterocycles. The fourth-order valence-electron chi connectivity index (χ4n) is 4.18. The average molecular weight is 538 g/mol. The summed E-state index contributed by atoms with van der Waals surface area (Å²) in [6, 6.07) is 6.08. The molecule has 4 unspecified atom stereocenters. The van der Waals surface area contributed by atoms with Crippen molar-refractivity contribution in [3.63, 3.8) is 0 Å². The summed E-state index contributed by atoms with van der Waals surface area (Å²) in [5.74, 6) is -0.772. The Morgan fingerprint density at radius 2 is 1.97 bits per heavy atom. The third kappa shape index (κ3) is 6.06. The van der Waals surface area contributed by atoms with Gasteiger partial charge in [0.15, 0.2) is 12.4 Å². The number of esters is 2. The molecule has 2 aliphatic rings. The number of Topliss-reactive ketones (excluding diaryl/α,β-unsaturated/α-hetero) is 1. The van der Waals surface area contributed by atoms with Crippen LogP contribution < -0.4 is 0 Å². The Morgan fingerprint density at radius 1 is 1.24 bits per heavy atom. The second kappa shape index (κ2) is 11.8. The zero-order chi connectivity index (χ0) is 24.0. The van der Waals surface area contributed by atoms with Gasteiger partial charge in [0.2, 0.25) is 5.91 Å². The van der Waals surface area contributed by atoms with E-state index in [0.717, 1.165) is 23.1 Å². The van der Waals surface area contributed by atoms with Crippen molar-refractivity contribution in [2.45, 2.75) is 49.9 Å². The van der Waals surface area contributed by atoms with Gasteiger partial charge >= 0.3 is 11.9 Å². The van der Waals surface area contributed by atoms with Gasteiger partial charge in [0.1, 0.15) is 6.04 Å². The normalized spacial score (nSPS) is 23.8. The quantitative estimate of drug-likeness (QED) is 0.139. The number of unbranched alkanes of at least 4 members (excludes halogenated alkanes) is 1. The first-order valence-corrected chi connectivity index (χ1v) is 12.8. The summed E-state index contributed by atoms with van der Waals surface area (Å²) in [4.78, 5) is 51.2. The minimum Gasteiger partial charge on any atom is -0.466 e. The van der Waals surface area contributed by atoms with E-state index in [1.54, 1.807) is 47.0 Å². The summed E-state index contributed by atoms with van der Waals surface area (Å²) in [6.07, 6.45) is 6.15. The number of nitrogens with zero attached hydrogens (tertiary/aromatic N) is 1. The molecular weight excluding hydrogens is 510 g/mol. The molecule has 1 aromatic carbocycles. The Labute approximate surface area is 206 Å². The lowest BCUT2D eigenvalue weighted by Gasteiger charge is -2.44. The van der Waals surface area contributed by atoms with Gasteiger partial charge in [-0.25, -0.2) is 9.59 Å². The lowest BCUT2D eigenvalue weighted by Crippen LogP contribution is -2.62. The molecule has 3 rings (SSSR count). The highest BCUT2D eigenvalue weighted by molar-refractivity contribution is 9.10. The Bertz CT molecular complexity index is 918. The summed E-state index contributed by atoms with van der Waals surface area (Å²) < 4.78 is 10.8. The number of hydrogen-bond donors (Lipinski definition) is 0. The molecule has 9 heteroatoms. The molecule has 0 aromatic heterocycles. The number of amides is 1. The van der Waals surface area contributed by atoms with Crippen molar-refractivity contribution in [3.8, 4) is 0 Å². The van der Waals surface area contributed by atoms with Crippen LogP contribution in [-0.4, -0.2) is 65.3 Å². The third-order valence-electron chi connectivity index (χ3n) is 5.95. The van der Waals surface area contributed by atoms with Gasteiger partial charge in [-0.1, -0.05) is 47.5 Å². The number of fused-ring (bicyclic) bond motifs is 1. The minimum absolute atomic E-state index is 0.0707. The second-order valence-electron chi connectivity index (χ2n) is 8.06. The molecule has 2 saturated heterocycles. The lowest BCUT2D eigenvalue weighted by atomic mass is 9.85. The number of carbonyl (C=O) groups is 4. The highest BCUT2D eigenvalue weighted by Gasteiger charge is 2.59. The van der Waals surface area contributed by atoms with Gasteiger partial charge < -0.3 is 14.4 Å². The molecule has 1 aromatic rings. The summed E-state index contributed by atoms with van der Waals surface area (Å²) in [7, 11) is 1.30. The Hall–Kier alpha value is -2.13. The van der Waals surface area contributed by atoms with E-state index in [4.69, 9.17) is 4.74 Å². The molecule has 2 heterocycles. The van der Waals surface area contributed by atoms with Gasteiger partial charge in [-0.05, 0) is 37.1 Å². The minimum atomic E-state index is -0.692. The first-order chi connectivity index (χ1) is 15.9. The Balaban J connectivity index is 1.64. The van der Waals surface area contributed by atoms with E-state index < -0.39 is 18.0 Å². The number of ketones is 1. The predicted octanol–water partition coefficient (Wildman–Crippen LogP) is 3.80. The molecular formula is C24H28BrNO6S. The smallest absolute Gasteiger partial charge is 0.330 e. The van der Waals surface area contributed by atoms with Crippen LogP contribution in [0.15, 0.2) is 40.9 Å². The van der Waals surface area contributed by atoms with Crippen LogP contribution in [0.1, 0.15) is 43.0 Å². The number of hydrogen-bond acceptors (Lipinski definition) is 7. The van der Waals surface area contributed by atoms with Crippen LogP contribution in [-0.2, 0) is 23.9 Å². The van der Waals surface area contributed by atoms with Crippen molar-refractivity contribution in [1.29, 1.82) is 0 Å². The molecule has 7 nitrogen and oxygen atoms in total. The number of carbonyl (C=O) groups excluding carboxylic acids is 4.